The summed E-state index contributed by atoms with van der Waals surface area (Å²) in [4.78, 5) is 0. The predicted octanol–water partition coefficient (Wildman–Crippen LogP) is 7.93. The third-order valence-corrected chi connectivity index (χ3v) is 3.65. The van der Waals surface area contributed by atoms with Crippen molar-refractivity contribution in [3.05, 3.63) is 48.6 Å². The molecule has 0 atom stereocenters. The largest absolute Gasteiger partial charge is 0.0885 e. The van der Waals surface area contributed by atoms with E-state index in [1.165, 1.54) is 64.2 Å². The second kappa shape index (κ2) is 20.0. The first-order valence-electron chi connectivity index (χ1n) is 9.51. The Hall–Kier alpha value is -1.04. The van der Waals surface area contributed by atoms with Crippen molar-refractivity contribution in [3.8, 4) is 0 Å². The van der Waals surface area contributed by atoms with Gasteiger partial charge in [0, 0.05) is 0 Å². The molecule has 0 aliphatic carbocycles. The Morgan fingerprint density at radius 2 is 0.955 bits per heavy atom. The maximum Gasteiger partial charge on any atom is -0.0169 e. The van der Waals surface area contributed by atoms with Gasteiger partial charge < -0.3 is 0 Å². The Labute approximate surface area is 140 Å². The minimum absolute atomic E-state index is 1.08. The normalized spacial score (nSPS) is 12.6. The first-order chi connectivity index (χ1) is 10.9. The van der Waals surface area contributed by atoms with Gasteiger partial charge in [0.1, 0.15) is 0 Å². The molecule has 0 radical (unpaired) electrons. The first-order valence-corrected chi connectivity index (χ1v) is 9.51. The number of unbranched alkanes of at least 4 members (excludes halogenated alkanes) is 7. The van der Waals surface area contributed by atoms with E-state index in [-0.39, 0.29) is 0 Å². The van der Waals surface area contributed by atoms with Gasteiger partial charge in [0.25, 0.3) is 0 Å². The highest BCUT2D eigenvalue weighted by Gasteiger charge is 1.86. The van der Waals surface area contributed by atoms with Crippen molar-refractivity contribution < 1.29 is 0 Å². The average Bonchev–Trinajstić information content (AvgIpc) is 2.54. The molecular formula is C22H38. The van der Waals surface area contributed by atoms with Gasteiger partial charge in [0.05, 0.1) is 0 Å². The monoisotopic (exact) mass is 302 g/mol. The topological polar surface area (TPSA) is 0 Å². The van der Waals surface area contributed by atoms with E-state index in [1.807, 2.05) is 0 Å². The predicted molar refractivity (Wildman–Crippen MR) is 103 cm³/mol. The van der Waals surface area contributed by atoms with E-state index < -0.39 is 0 Å². The maximum atomic E-state index is 2.37. The highest BCUT2D eigenvalue weighted by molar-refractivity contribution is 4.94. The summed E-state index contributed by atoms with van der Waals surface area (Å²) in [5.74, 6) is 0. The molecule has 0 aliphatic heterocycles. The van der Waals surface area contributed by atoms with Crippen LogP contribution in [0.5, 0.6) is 0 Å². The standard InChI is InChI=1S/C22H38/c1-3-5-7-9-11-13-15-17-19-21-22-20-18-16-14-12-10-8-6-4-2/h5,7,11,13,16,18-19,21H,3-4,6,8-10,12,14-15,17,20,22H2,1-2H3. The van der Waals surface area contributed by atoms with E-state index in [0.29, 0.717) is 0 Å². The molecule has 0 fully saturated rings. The zero-order valence-corrected chi connectivity index (χ0v) is 15.1. The quantitative estimate of drug-likeness (QED) is 0.213. The molecule has 0 saturated carbocycles. The molecule has 0 amide bonds. The minimum Gasteiger partial charge on any atom is -0.0885 e. The summed E-state index contributed by atoms with van der Waals surface area (Å²) in [7, 11) is 0. The van der Waals surface area contributed by atoms with E-state index in [2.05, 4.69) is 62.5 Å². The van der Waals surface area contributed by atoms with Gasteiger partial charge >= 0.3 is 0 Å². The maximum absolute atomic E-state index is 2.37. The molecule has 0 aliphatic rings. The minimum atomic E-state index is 1.08. The summed E-state index contributed by atoms with van der Waals surface area (Å²) >= 11 is 0. The number of hydrogen-bond donors (Lipinski definition) is 0. The van der Waals surface area contributed by atoms with Crippen molar-refractivity contribution in [3.63, 3.8) is 0 Å². The fourth-order valence-corrected chi connectivity index (χ4v) is 2.28. The molecule has 0 aromatic heterocycles. The van der Waals surface area contributed by atoms with Gasteiger partial charge in [-0.25, -0.2) is 0 Å². The highest BCUT2D eigenvalue weighted by Crippen LogP contribution is 2.06. The van der Waals surface area contributed by atoms with Crippen LogP contribution in [0.2, 0.25) is 0 Å². The SMILES string of the molecule is CCC=CCC=CCCC=CCCC=CCCCCCCC. The fraction of sp³-hybridized carbons (Fsp3) is 0.636. The summed E-state index contributed by atoms with van der Waals surface area (Å²) in [6.45, 7) is 4.45. The molecule has 0 bridgehead atoms. The summed E-state index contributed by atoms with van der Waals surface area (Å²) in [6, 6.07) is 0. The zero-order valence-electron chi connectivity index (χ0n) is 15.1. The second-order valence-electron chi connectivity index (χ2n) is 5.89. The van der Waals surface area contributed by atoms with Crippen LogP contribution in [0.15, 0.2) is 48.6 Å². The lowest BCUT2D eigenvalue weighted by molar-refractivity contribution is 0.637. The molecule has 0 spiro atoms. The van der Waals surface area contributed by atoms with Gasteiger partial charge in [-0.05, 0) is 51.4 Å². The van der Waals surface area contributed by atoms with Gasteiger partial charge in [-0.1, -0.05) is 88.1 Å². The van der Waals surface area contributed by atoms with Crippen LogP contribution in [0.3, 0.4) is 0 Å². The molecule has 0 N–H and O–H groups in total. The zero-order chi connectivity index (χ0) is 16.1. The third-order valence-electron chi connectivity index (χ3n) is 3.65. The molecule has 22 heavy (non-hydrogen) atoms. The smallest absolute Gasteiger partial charge is 0.0169 e. The van der Waals surface area contributed by atoms with Crippen LogP contribution in [0.25, 0.3) is 0 Å². The van der Waals surface area contributed by atoms with Crippen molar-refractivity contribution in [1.29, 1.82) is 0 Å². The summed E-state index contributed by atoms with van der Waals surface area (Å²) in [5.41, 5.74) is 0. The van der Waals surface area contributed by atoms with Crippen LogP contribution >= 0.6 is 0 Å². The molecule has 0 unspecified atom stereocenters. The Morgan fingerprint density at radius 1 is 0.455 bits per heavy atom. The van der Waals surface area contributed by atoms with E-state index >= 15 is 0 Å². The van der Waals surface area contributed by atoms with Crippen molar-refractivity contribution in [2.75, 3.05) is 0 Å². The average molecular weight is 303 g/mol. The molecule has 0 rings (SSSR count). The van der Waals surface area contributed by atoms with Crippen molar-refractivity contribution in [1.82, 2.24) is 0 Å². The van der Waals surface area contributed by atoms with Crippen LogP contribution in [0, 0.1) is 0 Å². The summed E-state index contributed by atoms with van der Waals surface area (Å²) in [6.07, 6.45) is 33.6. The molecule has 0 aromatic carbocycles. The Kier molecular flexibility index (Phi) is 19.0. The van der Waals surface area contributed by atoms with Crippen LogP contribution in [0.1, 0.15) is 90.9 Å². The lowest BCUT2D eigenvalue weighted by Gasteiger charge is -1.95. The Balaban J connectivity index is 3.28. The number of hydrogen-bond acceptors (Lipinski definition) is 0. The van der Waals surface area contributed by atoms with E-state index in [4.69, 9.17) is 0 Å². The molecule has 0 saturated heterocycles. The Morgan fingerprint density at radius 3 is 1.55 bits per heavy atom. The molecule has 0 nitrogen and oxygen atoms in total. The van der Waals surface area contributed by atoms with E-state index in [1.54, 1.807) is 0 Å². The Bertz CT molecular complexity index is 304. The van der Waals surface area contributed by atoms with Crippen LogP contribution in [-0.4, -0.2) is 0 Å². The molecule has 126 valence electrons. The summed E-state index contributed by atoms with van der Waals surface area (Å²) < 4.78 is 0. The van der Waals surface area contributed by atoms with Gasteiger partial charge in [-0.3, -0.25) is 0 Å². The number of rotatable bonds is 15. The van der Waals surface area contributed by atoms with Crippen molar-refractivity contribution in [2.45, 2.75) is 90.9 Å². The fourth-order valence-electron chi connectivity index (χ4n) is 2.28. The first kappa shape index (κ1) is 21.0. The molecule has 0 heteroatoms. The highest BCUT2D eigenvalue weighted by atomic mass is 13.9. The van der Waals surface area contributed by atoms with Gasteiger partial charge in [-0.15, -0.1) is 0 Å². The third kappa shape index (κ3) is 19.0. The van der Waals surface area contributed by atoms with Crippen LogP contribution < -0.4 is 0 Å². The van der Waals surface area contributed by atoms with Crippen molar-refractivity contribution in [2.24, 2.45) is 0 Å². The molecule has 0 aromatic rings. The van der Waals surface area contributed by atoms with Crippen molar-refractivity contribution >= 4 is 0 Å². The van der Waals surface area contributed by atoms with E-state index in [9.17, 15) is 0 Å². The number of allylic oxidation sites excluding steroid dienone is 8. The van der Waals surface area contributed by atoms with Gasteiger partial charge in [-0.2, -0.15) is 0 Å². The second-order valence-corrected chi connectivity index (χ2v) is 5.89. The molecule has 0 heterocycles. The van der Waals surface area contributed by atoms with Gasteiger partial charge in [0.2, 0.25) is 0 Å². The van der Waals surface area contributed by atoms with Crippen LogP contribution in [0.4, 0.5) is 0 Å². The summed E-state index contributed by atoms with van der Waals surface area (Å²) in [5, 5.41) is 0. The van der Waals surface area contributed by atoms with Crippen LogP contribution in [-0.2, 0) is 0 Å². The lowest BCUT2D eigenvalue weighted by Crippen LogP contribution is -1.76. The van der Waals surface area contributed by atoms with E-state index in [0.717, 1.165) is 12.8 Å². The molecular weight excluding hydrogens is 264 g/mol. The van der Waals surface area contributed by atoms with Gasteiger partial charge in [0.15, 0.2) is 0 Å². The lowest BCUT2D eigenvalue weighted by atomic mass is 10.1.